The highest BCUT2D eigenvalue weighted by atomic mass is 16.7. The number of hydrogen-bond donors (Lipinski definition) is 9. The van der Waals surface area contributed by atoms with Gasteiger partial charge in [-0.2, -0.15) is 0 Å². The van der Waals surface area contributed by atoms with Crippen molar-refractivity contribution in [1.29, 1.82) is 0 Å². The fourth-order valence-corrected chi connectivity index (χ4v) is 4.25. The molecule has 0 saturated carbocycles. The van der Waals surface area contributed by atoms with E-state index in [0.29, 0.717) is 0 Å². The number of rotatable bonds is 0. The zero-order chi connectivity index (χ0) is 24.0. The molecule has 6 bridgehead atoms. The third-order valence-corrected chi connectivity index (χ3v) is 6.20. The topological polar surface area (TPSA) is 237 Å². The van der Waals surface area contributed by atoms with Gasteiger partial charge < -0.3 is 74.4 Å². The Morgan fingerprint density at radius 2 is 0.606 bits per heavy atom. The SMILES string of the molecule is O[C@@H]1[C@@H](O)[C@@H]2OC[C@@H](O)[C@@H]3O[C@@H](OC[C@@H](O)[C@@H]4O[C@@H](OC[C@@H](O)[C@@H]1O2)[C@H](O)[C@H]4O)[C@H](O)[C@H]3O. The quantitative estimate of drug-likeness (QED) is 0.155. The smallest absolute Gasteiger partial charge is 0.186 e. The van der Waals surface area contributed by atoms with Gasteiger partial charge in [-0.3, -0.25) is 0 Å². The average molecular weight is 486 g/mol. The summed E-state index contributed by atoms with van der Waals surface area (Å²) >= 11 is 0. The molecule has 15 nitrogen and oxygen atoms in total. The second kappa shape index (κ2) is 10.2. The van der Waals surface area contributed by atoms with E-state index in [1.165, 1.54) is 0 Å². The predicted molar refractivity (Wildman–Crippen MR) is 97.9 cm³/mol. The Hall–Kier alpha value is -0.600. The summed E-state index contributed by atoms with van der Waals surface area (Å²) in [6, 6.07) is 0. The van der Waals surface area contributed by atoms with Crippen molar-refractivity contribution in [1.82, 2.24) is 0 Å². The molecule has 0 unspecified atom stereocenters. The molecule has 0 amide bonds. The largest absolute Gasteiger partial charge is 0.388 e. The minimum Gasteiger partial charge on any atom is -0.388 e. The Labute approximate surface area is 187 Å². The Balaban J connectivity index is 1.52. The molecule has 9 N–H and O–H groups in total. The van der Waals surface area contributed by atoms with E-state index < -0.39 is 112 Å². The monoisotopic (exact) mass is 486 g/mol. The van der Waals surface area contributed by atoms with Gasteiger partial charge in [0, 0.05) is 0 Å². The van der Waals surface area contributed by atoms with Crippen LogP contribution in [0.1, 0.15) is 0 Å². The molecule has 0 aromatic heterocycles. The average Bonchev–Trinajstić information content (AvgIpc) is 3.35. The molecule has 192 valence electrons. The molecule has 0 radical (unpaired) electrons. The third-order valence-electron chi connectivity index (χ3n) is 6.20. The fourth-order valence-electron chi connectivity index (χ4n) is 4.25. The molecule has 4 heterocycles. The summed E-state index contributed by atoms with van der Waals surface area (Å²) in [7, 11) is 0. The summed E-state index contributed by atoms with van der Waals surface area (Å²) in [5.41, 5.74) is 0. The maximum absolute atomic E-state index is 10.3. The van der Waals surface area contributed by atoms with Crippen LogP contribution < -0.4 is 0 Å². The minimum absolute atomic E-state index is 0.548. The number of aliphatic hydroxyl groups is 9. The van der Waals surface area contributed by atoms with Gasteiger partial charge >= 0.3 is 0 Å². The van der Waals surface area contributed by atoms with Crippen LogP contribution in [0.5, 0.6) is 0 Å². The number of fused-ring (bicyclic) bond motifs is 6. The molecule has 4 fully saturated rings. The second-order valence-corrected chi connectivity index (χ2v) is 8.55. The van der Waals surface area contributed by atoms with Crippen LogP contribution in [0.2, 0.25) is 0 Å². The molecule has 4 aliphatic heterocycles. The first kappa shape index (κ1) is 25.5. The lowest BCUT2D eigenvalue weighted by atomic mass is 10.1. The molecule has 15 heteroatoms. The van der Waals surface area contributed by atoms with Crippen molar-refractivity contribution < 1.29 is 74.4 Å². The van der Waals surface area contributed by atoms with E-state index in [0.717, 1.165) is 0 Å². The Morgan fingerprint density at radius 3 is 0.848 bits per heavy atom. The fraction of sp³-hybridized carbons (Fsp3) is 1.00. The van der Waals surface area contributed by atoms with Gasteiger partial charge in [-0.1, -0.05) is 0 Å². The van der Waals surface area contributed by atoms with Crippen molar-refractivity contribution in [3.05, 3.63) is 0 Å². The Kier molecular flexibility index (Phi) is 7.86. The van der Waals surface area contributed by atoms with E-state index in [4.69, 9.17) is 28.4 Å². The van der Waals surface area contributed by atoms with Crippen molar-refractivity contribution in [3.63, 3.8) is 0 Å². The van der Waals surface area contributed by atoms with E-state index in [-0.39, 0.29) is 0 Å². The highest BCUT2D eigenvalue weighted by Crippen LogP contribution is 2.30. The van der Waals surface area contributed by atoms with Crippen molar-refractivity contribution >= 4 is 0 Å². The van der Waals surface area contributed by atoms with Crippen LogP contribution in [0.25, 0.3) is 0 Å². The number of aliphatic hydroxyl groups excluding tert-OH is 9. The van der Waals surface area contributed by atoms with Crippen LogP contribution in [-0.4, -0.2) is 158 Å². The number of hydrogen-bond acceptors (Lipinski definition) is 15. The van der Waals surface area contributed by atoms with E-state index >= 15 is 0 Å². The van der Waals surface area contributed by atoms with Gasteiger partial charge in [0.25, 0.3) is 0 Å². The number of ether oxygens (including phenoxy) is 6. The summed E-state index contributed by atoms with van der Waals surface area (Å²) in [5.74, 6) is 0. The molecule has 0 aromatic rings. The summed E-state index contributed by atoms with van der Waals surface area (Å²) in [6.07, 6.45) is -22.7. The molecule has 0 aliphatic carbocycles. The molecule has 0 aromatic carbocycles. The van der Waals surface area contributed by atoms with Crippen molar-refractivity contribution in [2.45, 2.75) is 92.1 Å². The zero-order valence-corrected chi connectivity index (χ0v) is 17.3. The highest BCUT2D eigenvalue weighted by Gasteiger charge is 2.52. The minimum atomic E-state index is -1.61. The van der Waals surface area contributed by atoms with Gasteiger partial charge in [0.2, 0.25) is 0 Å². The van der Waals surface area contributed by atoms with Gasteiger partial charge in [-0.25, -0.2) is 0 Å². The standard InChI is InChI=1S/C18H30O15/c19-4-1-28-16-10(25)8(23)14(32-16)5(20)2-30-18-12(27)9(24)15(33-18)6(21)3-29-17-11(26)7(22)13(4)31-17/h4-27H,1-3H2/t4-,5-,6-,7-,8-,9-,10-,11-,12-,13+,14+,15+,16-,17-,18-/m1/s1. The molecular weight excluding hydrogens is 456 g/mol. The maximum Gasteiger partial charge on any atom is 0.186 e. The van der Waals surface area contributed by atoms with Crippen LogP contribution in [-0.2, 0) is 28.4 Å². The first-order valence-corrected chi connectivity index (χ1v) is 10.5. The lowest BCUT2D eigenvalue weighted by molar-refractivity contribution is -0.233. The van der Waals surface area contributed by atoms with Gasteiger partial charge in [0.1, 0.15) is 73.2 Å². The molecule has 0 spiro atoms. The second-order valence-electron chi connectivity index (χ2n) is 8.55. The van der Waals surface area contributed by atoms with E-state index in [1.807, 2.05) is 0 Å². The van der Waals surface area contributed by atoms with Crippen LogP contribution in [0, 0.1) is 0 Å². The summed E-state index contributed by atoms with van der Waals surface area (Å²) in [6.45, 7) is -1.64. The van der Waals surface area contributed by atoms with Crippen LogP contribution in [0.4, 0.5) is 0 Å². The first-order chi connectivity index (χ1) is 15.6. The Bertz CT molecular complexity index is 569. The van der Waals surface area contributed by atoms with E-state index in [1.54, 1.807) is 0 Å². The van der Waals surface area contributed by atoms with Crippen molar-refractivity contribution in [3.8, 4) is 0 Å². The zero-order valence-electron chi connectivity index (χ0n) is 17.3. The molecule has 4 aliphatic rings. The van der Waals surface area contributed by atoms with Gasteiger partial charge in [-0.05, 0) is 0 Å². The maximum atomic E-state index is 10.3. The third kappa shape index (κ3) is 4.90. The molecular formula is C18H30O15. The van der Waals surface area contributed by atoms with Crippen LogP contribution in [0.3, 0.4) is 0 Å². The van der Waals surface area contributed by atoms with Gasteiger partial charge in [0.05, 0.1) is 19.8 Å². The van der Waals surface area contributed by atoms with Gasteiger partial charge in [0.15, 0.2) is 18.9 Å². The Morgan fingerprint density at radius 1 is 0.364 bits per heavy atom. The van der Waals surface area contributed by atoms with Crippen molar-refractivity contribution in [2.24, 2.45) is 0 Å². The highest BCUT2D eigenvalue weighted by molar-refractivity contribution is 4.95. The van der Waals surface area contributed by atoms with Crippen LogP contribution >= 0.6 is 0 Å². The normalized spacial score (nSPS) is 56.5. The van der Waals surface area contributed by atoms with E-state index in [9.17, 15) is 46.0 Å². The van der Waals surface area contributed by atoms with Crippen LogP contribution in [0.15, 0.2) is 0 Å². The predicted octanol–water partition coefficient (Wildman–Crippen LogP) is -6.53. The van der Waals surface area contributed by atoms with Crippen molar-refractivity contribution in [2.75, 3.05) is 19.8 Å². The molecule has 4 rings (SSSR count). The summed E-state index contributed by atoms with van der Waals surface area (Å²) in [5, 5.41) is 92.1. The van der Waals surface area contributed by atoms with Gasteiger partial charge in [-0.15, -0.1) is 0 Å². The summed E-state index contributed by atoms with van der Waals surface area (Å²) < 4.78 is 31.8. The van der Waals surface area contributed by atoms with E-state index in [2.05, 4.69) is 0 Å². The lowest BCUT2D eigenvalue weighted by Gasteiger charge is -2.25. The molecule has 33 heavy (non-hydrogen) atoms. The lowest BCUT2D eigenvalue weighted by Crippen LogP contribution is -2.43. The molecule has 4 saturated heterocycles. The molecule has 15 atom stereocenters. The summed E-state index contributed by atoms with van der Waals surface area (Å²) in [4.78, 5) is 0. The first-order valence-electron chi connectivity index (χ1n) is 10.5.